The number of carbonyl (C=O) groups excluding carboxylic acids is 1. The number of rotatable bonds is 5. The molecule has 2 N–H and O–H groups in total. The van der Waals surface area contributed by atoms with Crippen LogP contribution in [0.3, 0.4) is 0 Å². The number of carboxylic acid groups (broad SMARTS) is 1. The fourth-order valence-electron chi connectivity index (χ4n) is 1.79. The van der Waals surface area contributed by atoms with Gasteiger partial charge in [-0.05, 0) is 18.1 Å². The standard InChI is InChI=1S/C14H16N4O3/c1-9(2)11(14(20)21)16-13(19)12-15-8-18(17-12)10-6-4-3-5-7-10/h3-9,11H,1-2H3,(H,16,19)(H,20,21)/t11-/m1/s1. The van der Waals surface area contributed by atoms with Crippen molar-refractivity contribution in [3.63, 3.8) is 0 Å². The minimum Gasteiger partial charge on any atom is -0.480 e. The quantitative estimate of drug-likeness (QED) is 0.859. The van der Waals surface area contributed by atoms with Gasteiger partial charge in [-0.3, -0.25) is 4.79 Å². The molecule has 1 heterocycles. The smallest absolute Gasteiger partial charge is 0.326 e. The van der Waals surface area contributed by atoms with E-state index in [9.17, 15) is 9.59 Å². The average molecular weight is 288 g/mol. The fourth-order valence-corrected chi connectivity index (χ4v) is 1.79. The Labute approximate surface area is 121 Å². The summed E-state index contributed by atoms with van der Waals surface area (Å²) in [6.45, 7) is 3.43. The highest BCUT2D eigenvalue weighted by Gasteiger charge is 2.25. The van der Waals surface area contributed by atoms with Crippen molar-refractivity contribution >= 4 is 11.9 Å². The van der Waals surface area contributed by atoms with Gasteiger partial charge in [-0.2, -0.15) is 0 Å². The third-order valence-corrected chi connectivity index (χ3v) is 2.93. The van der Waals surface area contributed by atoms with Crippen molar-refractivity contribution in [1.29, 1.82) is 0 Å². The minimum atomic E-state index is -1.08. The number of amides is 1. The Morgan fingerprint density at radius 3 is 2.48 bits per heavy atom. The monoisotopic (exact) mass is 288 g/mol. The molecule has 110 valence electrons. The Morgan fingerprint density at radius 1 is 1.24 bits per heavy atom. The summed E-state index contributed by atoms with van der Waals surface area (Å²) >= 11 is 0. The van der Waals surface area contributed by atoms with Crippen LogP contribution in [0.1, 0.15) is 24.5 Å². The maximum atomic E-state index is 12.0. The summed E-state index contributed by atoms with van der Waals surface area (Å²) in [7, 11) is 0. The summed E-state index contributed by atoms with van der Waals surface area (Å²) in [5, 5.41) is 15.5. The lowest BCUT2D eigenvalue weighted by molar-refractivity contribution is -0.140. The van der Waals surface area contributed by atoms with Crippen molar-refractivity contribution in [2.75, 3.05) is 0 Å². The van der Waals surface area contributed by atoms with Gasteiger partial charge in [0.2, 0.25) is 5.82 Å². The van der Waals surface area contributed by atoms with Crippen LogP contribution in [0.25, 0.3) is 5.69 Å². The summed E-state index contributed by atoms with van der Waals surface area (Å²) in [6.07, 6.45) is 1.41. The molecule has 0 saturated heterocycles. The predicted octanol–water partition coefficient (Wildman–Crippen LogP) is 1.11. The summed E-state index contributed by atoms with van der Waals surface area (Å²) in [6, 6.07) is 8.23. The number of para-hydroxylation sites is 1. The zero-order valence-electron chi connectivity index (χ0n) is 11.7. The van der Waals surface area contributed by atoms with Gasteiger partial charge < -0.3 is 10.4 Å². The summed E-state index contributed by atoms with van der Waals surface area (Å²) in [5.41, 5.74) is 0.766. The highest BCUT2D eigenvalue weighted by molar-refractivity contribution is 5.93. The Hall–Kier alpha value is -2.70. The third-order valence-electron chi connectivity index (χ3n) is 2.93. The van der Waals surface area contributed by atoms with Crippen molar-refractivity contribution < 1.29 is 14.7 Å². The van der Waals surface area contributed by atoms with Crippen molar-refractivity contribution in [2.24, 2.45) is 5.92 Å². The first-order chi connectivity index (χ1) is 9.99. The number of carbonyl (C=O) groups is 2. The van der Waals surface area contributed by atoms with Crippen LogP contribution in [0, 0.1) is 5.92 Å². The Kier molecular flexibility index (Phi) is 4.32. The molecular weight excluding hydrogens is 272 g/mol. The van der Waals surface area contributed by atoms with Crippen LogP contribution in [-0.2, 0) is 4.79 Å². The lowest BCUT2D eigenvalue weighted by atomic mass is 10.1. The van der Waals surface area contributed by atoms with E-state index < -0.39 is 17.9 Å². The second-order valence-corrected chi connectivity index (χ2v) is 4.88. The molecular formula is C14H16N4O3. The molecule has 1 aromatic carbocycles. The molecule has 2 rings (SSSR count). The number of carboxylic acids is 1. The van der Waals surface area contributed by atoms with Crippen LogP contribution in [0.15, 0.2) is 36.7 Å². The van der Waals surface area contributed by atoms with E-state index in [0.29, 0.717) is 0 Å². The maximum Gasteiger partial charge on any atom is 0.326 e. The summed E-state index contributed by atoms with van der Waals surface area (Å²) in [4.78, 5) is 27.0. The molecule has 0 unspecified atom stereocenters. The Bertz CT molecular complexity index is 637. The SMILES string of the molecule is CC(C)[C@@H](NC(=O)c1ncn(-c2ccccc2)n1)C(=O)O. The first-order valence-corrected chi connectivity index (χ1v) is 6.50. The molecule has 1 amide bonds. The molecule has 0 aliphatic carbocycles. The van der Waals surface area contributed by atoms with Gasteiger partial charge in [0, 0.05) is 0 Å². The van der Waals surface area contributed by atoms with Gasteiger partial charge in [-0.25, -0.2) is 14.5 Å². The van der Waals surface area contributed by atoms with Gasteiger partial charge in [0.25, 0.3) is 5.91 Å². The van der Waals surface area contributed by atoms with Crippen LogP contribution < -0.4 is 5.32 Å². The van der Waals surface area contributed by atoms with E-state index in [0.717, 1.165) is 5.69 Å². The van der Waals surface area contributed by atoms with Crippen molar-refractivity contribution in [3.05, 3.63) is 42.5 Å². The molecule has 0 spiro atoms. The lowest BCUT2D eigenvalue weighted by Gasteiger charge is -2.16. The maximum absolute atomic E-state index is 12.0. The molecule has 7 heteroatoms. The second kappa shape index (κ2) is 6.17. The van der Waals surface area contributed by atoms with Gasteiger partial charge in [-0.15, -0.1) is 5.10 Å². The van der Waals surface area contributed by atoms with E-state index in [1.165, 1.54) is 11.0 Å². The zero-order chi connectivity index (χ0) is 15.4. The molecule has 0 fully saturated rings. The number of nitrogens with one attached hydrogen (secondary N) is 1. The topological polar surface area (TPSA) is 97.1 Å². The second-order valence-electron chi connectivity index (χ2n) is 4.88. The molecule has 7 nitrogen and oxygen atoms in total. The average Bonchev–Trinajstić information content (AvgIpc) is 2.94. The van der Waals surface area contributed by atoms with Gasteiger partial charge in [0.1, 0.15) is 12.4 Å². The molecule has 0 saturated carbocycles. The molecule has 2 aromatic rings. The van der Waals surface area contributed by atoms with E-state index in [4.69, 9.17) is 5.11 Å². The van der Waals surface area contributed by atoms with Gasteiger partial charge in [0.15, 0.2) is 0 Å². The molecule has 0 radical (unpaired) electrons. The molecule has 0 bridgehead atoms. The molecule has 0 aliphatic heterocycles. The number of hydrogen-bond donors (Lipinski definition) is 2. The number of aliphatic carboxylic acids is 1. The van der Waals surface area contributed by atoms with Crippen LogP contribution in [0.4, 0.5) is 0 Å². The van der Waals surface area contributed by atoms with E-state index >= 15 is 0 Å². The van der Waals surface area contributed by atoms with Crippen LogP contribution in [0.5, 0.6) is 0 Å². The van der Waals surface area contributed by atoms with Gasteiger partial charge in [-0.1, -0.05) is 32.0 Å². The van der Waals surface area contributed by atoms with E-state index in [-0.39, 0.29) is 11.7 Å². The van der Waals surface area contributed by atoms with Crippen LogP contribution in [0.2, 0.25) is 0 Å². The van der Waals surface area contributed by atoms with Crippen molar-refractivity contribution in [3.8, 4) is 5.69 Å². The minimum absolute atomic E-state index is 0.0641. The highest BCUT2D eigenvalue weighted by atomic mass is 16.4. The first-order valence-electron chi connectivity index (χ1n) is 6.50. The molecule has 1 atom stereocenters. The van der Waals surface area contributed by atoms with Crippen molar-refractivity contribution in [1.82, 2.24) is 20.1 Å². The third kappa shape index (κ3) is 3.44. The van der Waals surface area contributed by atoms with E-state index in [1.807, 2.05) is 30.3 Å². The van der Waals surface area contributed by atoms with Crippen molar-refractivity contribution in [2.45, 2.75) is 19.9 Å². The van der Waals surface area contributed by atoms with Gasteiger partial charge >= 0.3 is 5.97 Å². The Balaban J connectivity index is 2.14. The number of hydrogen-bond acceptors (Lipinski definition) is 4. The number of benzene rings is 1. The first kappa shape index (κ1) is 14.7. The van der Waals surface area contributed by atoms with E-state index in [1.54, 1.807) is 13.8 Å². The fraction of sp³-hybridized carbons (Fsp3) is 0.286. The normalized spacial score (nSPS) is 12.1. The van der Waals surface area contributed by atoms with Crippen LogP contribution in [-0.4, -0.2) is 37.8 Å². The van der Waals surface area contributed by atoms with Crippen LogP contribution >= 0.6 is 0 Å². The lowest BCUT2D eigenvalue weighted by Crippen LogP contribution is -2.44. The van der Waals surface area contributed by atoms with E-state index in [2.05, 4.69) is 15.4 Å². The Morgan fingerprint density at radius 2 is 1.90 bits per heavy atom. The predicted molar refractivity (Wildman–Crippen MR) is 75.1 cm³/mol. The largest absolute Gasteiger partial charge is 0.480 e. The molecule has 21 heavy (non-hydrogen) atoms. The number of aromatic nitrogens is 3. The summed E-state index contributed by atoms with van der Waals surface area (Å²) in [5.74, 6) is -1.99. The molecule has 1 aromatic heterocycles. The highest BCUT2D eigenvalue weighted by Crippen LogP contribution is 2.06. The molecule has 0 aliphatic rings. The zero-order valence-corrected chi connectivity index (χ0v) is 11.7. The van der Waals surface area contributed by atoms with Gasteiger partial charge in [0.05, 0.1) is 5.69 Å². The summed E-state index contributed by atoms with van der Waals surface area (Å²) < 4.78 is 1.46. The number of nitrogens with zero attached hydrogens (tertiary/aromatic N) is 3.